The first kappa shape index (κ1) is 33.1. The Bertz CT molecular complexity index is 2210. The molecule has 1 atom stereocenters. The van der Waals surface area contributed by atoms with Crippen LogP contribution in [0.1, 0.15) is 29.7 Å². The largest absolute Gasteiger partial charge is 0.497 e. The molecule has 1 aliphatic heterocycles. The van der Waals surface area contributed by atoms with E-state index in [0.29, 0.717) is 60.6 Å². The van der Waals surface area contributed by atoms with Crippen LogP contribution in [0.2, 0.25) is 0 Å². The molecule has 1 amide bonds. The van der Waals surface area contributed by atoms with Gasteiger partial charge in [-0.15, -0.1) is 0 Å². The van der Waals surface area contributed by atoms with Crippen LogP contribution in [0.3, 0.4) is 0 Å². The van der Waals surface area contributed by atoms with Gasteiger partial charge in [-0.1, -0.05) is 41.7 Å². The number of thiazole rings is 1. The number of ether oxygens (including phenoxy) is 5. The fourth-order valence-corrected chi connectivity index (χ4v) is 6.68. The zero-order valence-electron chi connectivity index (χ0n) is 27.7. The molecule has 0 unspecified atom stereocenters. The number of carbonyl (C=O) groups is 1. The monoisotopic (exact) mass is 677 g/mol. The molecule has 4 aromatic carbocycles. The molecule has 6 rings (SSSR count). The molecule has 11 heteroatoms. The number of amides is 1. The maximum Gasteiger partial charge on any atom is 0.271 e. The van der Waals surface area contributed by atoms with Crippen molar-refractivity contribution in [2.45, 2.75) is 19.6 Å². The number of rotatable bonds is 11. The van der Waals surface area contributed by atoms with E-state index in [1.54, 1.807) is 64.2 Å². The van der Waals surface area contributed by atoms with Crippen LogP contribution in [0.5, 0.6) is 28.7 Å². The number of anilines is 1. The number of carbonyl (C=O) groups excluding carboxylic acids is 1. The summed E-state index contributed by atoms with van der Waals surface area (Å²) < 4.78 is 30.0. The van der Waals surface area contributed by atoms with Crippen molar-refractivity contribution in [3.05, 3.63) is 139 Å². The van der Waals surface area contributed by atoms with Crippen LogP contribution in [0.25, 0.3) is 6.08 Å². The molecule has 0 bridgehead atoms. The smallest absolute Gasteiger partial charge is 0.271 e. The van der Waals surface area contributed by atoms with Gasteiger partial charge in [0.05, 0.1) is 44.2 Å². The lowest BCUT2D eigenvalue weighted by molar-refractivity contribution is -0.113. The van der Waals surface area contributed by atoms with Crippen molar-refractivity contribution in [2.75, 3.05) is 33.8 Å². The fraction of sp³-hybridized carbons (Fsp3) is 0.184. The molecule has 250 valence electrons. The maximum absolute atomic E-state index is 14.2. The third-order valence-electron chi connectivity index (χ3n) is 8.09. The van der Waals surface area contributed by atoms with E-state index in [4.69, 9.17) is 28.7 Å². The van der Waals surface area contributed by atoms with E-state index in [1.807, 2.05) is 72.8 Å². The topological polar surface area (TPSA) is 110 Å². The second kappa shape index (κ2) is 14.5. The molecule has 0 saturated heterocycles. The van der Waals surface area contributed by atoms with E-state index >= 15 is 0 Å². The van der Waals surface area contributed by atoms with E-state index in [1.165, 1.54) is 11.3 Å². The molecule has 1 aliphatic rings. The van der Waals surface area contributed by atoms with Crippen LogP contribution < -0.4 is 43.9 Å². The second-order valence-corrected chi connectivity index (χ2v) is 12.1. The molecule has 0 aliphatic carbocycles. The number of fused-ring (bicyclic) bond motifs is 1. The summed E-state index contributed by atoms with van der Waals surface area (Å²) >= 11 is 1.26. The molecule has 0 saturated carbocycles. The Balaban J connectivity index is 1.36. The molecule has 1 N–H and O–H groups in total. The molecule has 1 aromatic heterocycles. The first-order valence-electron chi connectivity index (χ1n) is 15.4. The number of benzene rings is 4. The van der Waals surface area contributed by atoms with Crippen molar-refractivity contribution >= 4 is 29.0 Å². The number of methoxy groups -OCH3 is 4. The third kappa shape index (κ3) is 6.93. The van der Waals surface area contributed by atoms with Gasteiger partial charge < -0.3 is 29.0 Å². The highest BCUT2D eigenvalue weighted by Crippen LogP contribution is 2.37. The number of aromatic nitrogens is 1. The molecule has 0 fully saturated rings. The van der Waals surface area contributed by atoms with Crippen molar-refractivity contribution in [3.63, 3.8) is 0 Å². The van der Waals surface area contributed by atoms with Gasteiger partial charge in [0.2, 0.25) is 0 Å². The Labute approximate surface area is 287 Å². The Kier molecular flexibility index (Phi) is 9.82. The highest BCUT2D eigenvalue weighted by Gasteiger charge is 2.34. The molecule has 0 spiro atoms. The standard InChI is InChI=1S/C38H35N3O7S/c1-23-34(36(42)40-26-9-7-6-8-10-26)35(30-17-15-29(45-3)21-32(30)47-5)41-37(43)33(49-38(41)39-23)19-24-11-13-27(14-12-24)48-22-25-20-28(44-2)16-18-31(25)46-4/h6-21,35H,22H2,1-5H3,(H,40,42)/b33-19-/t35-/m0/s1. The van der Waals surface area contributed by atoms with Crippen molar-refractivity contribution in [1.29, 1.82) is 0 Å². The summed E-state index contributed by atoms with van der Waals surface area (Å²) in [5.74, 6) is 2.75. The average Bonchev–Trinajstić information content (AvgIpc) is 3.43. The highest BCUT2D eigenvalue weighted by atomic mass is 32.1. The highest BCUT2D eigenvalue weighted by molar-refractivity contribution is 7.07. The first-order valence-corrected chi connectivity index (χ1v) is 16.2. The summed E-state index contributed by atoms with van der Waals surface area (Å²) in [7, 11) is 6.34. The molecular weight excluding hydrogens is 642 g/mol. The van der Waals surface area contributed by atoms with E-state index in [2.05, 4.69) is 5.32 Å². The van der Waals surface area contributed by atoms with Crippen LogP contribution in [-0.2, 0) is 11.4 Å². The molecular formula is C38H35N3O7S. The van der Waals surface area contributed by atoms with Gasteiger partial charge in [-0.25, -0.2) is 4.99 Å². The number of nitrogens with one attached hydrogen (secondary N) is 1. The molecule has 49 heavy (non-hydrogen) atoms. The van der Waals surface area contributed by atoms with Gasteiger partial charge in [0.25, 0.3) is 11.5 Å². The van der Waals surface area contributed by atoms with Gasteiger partial charge in [-0.2, -0.15) is 0 Å². The molecule has 5 aromatic rings. The summed E-state index contributed by atoms with van der Waals surface area (Å²) in [5, 5.41) is 2.97. The number of nitrogens with zero attached hydrogens (tertiary/aromatic N) is 2. The minimum Gasteiger partial charge on any atom is -0.497 e. The van der Waals surface area contributed by atoms with Gasteiger partial charge in [-0.3, -0.25) is 14.2 Å². The number of hydrogen-bond donors (Lipinski definition) is 1. The summed E-state index contributed by atoms with van der Waals surface area (Å²) in [6.45, 7) is 2.06. The average molecular weight is 678 g/mol. The quantitative estimate of drug-likeness (QED) is 0.197. The fourth-order valence-electron chi connectivity index (χ4n) is 5.64. The lowest BCUT2D eigenvalue weighted by Gasteiger charge is -2.26. The van der Waals surface area contributed by atoms with Crippen molar-refractivity contribution in [2.24, 2.45) is 4.99 Å². The lowest BCUT2D eigenvalue weighted by Crippen LogP contribution is -2.40. The van der Waals surface area contributed by atoms with Crippen LogP contribution in [-0.4, -0.2) is 38.9 Å². The van der Waals surface area contributed by atoms with Crippen LogP contribution in [0.15, 0.2) is 112 Å². The van der Waals surface area contributed by atoms with E-state index in [-0.39, 0.29) is 18.1 Å². The zero-order valence-corrected chi connectivity index (χ0v) is 28.5. The Morgan fingerprint density at radius 1 is 0.837 bits per heavy atom. The molecule has 2 heterocycles. The van der Waals surface area contributed by atoms with Crippen molar-refractivity contribution < 1.29 is 28.5 Å². The Hall–Kier alpha value is -5.81. The van der Waals surface area contributed by atoms with Gasteiger partial charge in [-0.05, 0) is 73.2 Å². The minimum atomic E-state index is -0.813. The zero-order chi connectivity index (χ0) is 34.5. The minimum absolute atomic E-state index is 0.283. The van der Waals surface area contributed by atoms with Crippen LogP contribution in [0, 0.1) is 0 Å². The predicted molar refractivity (Wildman–Crippen MR) is 189 cm³/mol. The number of allylic oxidation sites excluding steroid dienone is 1. The van der Waals surface area contributed by atoms with Crippen molar-refractivity contribution in [3.8, 4) is 28.7 Å². The summed E-state index contributed by atoms with van der Waals surface area (Å²) in [5.41, 5.74) is 3.45. The second-order valence-electron chi connectivity index (χ2n) is 11.0. The first-order chi connectivity index (χ1) is 23.8. The van der Waals surface area contributed by atoms with Crippen LogP contribution in [0.4, 0.5) is 5.69 Å². The summed E-state index contributed by atoms with van der Waals surface area (Å²) in [6, 6.07) is 26.7. The van der Waals surface area contributed by atoms with E-state index in [9.17, 15) is 9.59 Å². The van der Waals surface area contributed by atoms with Crippen LogP contribution >= 0.6 is 11.3 Å². The normalized spacial score (nSPS) is 14.1. The van der Waals surface area contributed by atoms with Crippen molar-refractivity contribution in [1.82, 2.24) is 4.57 Å². The van der Waals surface area contributed by atoms with Gasteiger partial charge in [0.15, 0.2) is 4.80 Å². The number of para-hydroxylation sites is 1. The Morgan fingerprint density at radius 2 is 1.51 bits per heavy atom. The van der Waals surface area contributed by atoms with Gasteiger partial charge >= 0.3 is 0 Å². The molecule has 0 radical (unpaired) electrons. The lowest BCUT2D eigenvalue weighted by atomic mass is 9.94. The maximum atomic E-state index is 14.2. The van der Waals surface area contributed by atoms with E-state index < -0.39 is 6.04 Å². The van der Waals surface area contributed by atoms with E-state index in [0.717, 1.165) is 11.1 Å². The third-order valence-corrected chi connectivity index (χ3v) is 9.08. The summed E-state index contributed by atoms with van der Waals surface area (Å²) in [6.07, 6.45) is 1.81. The number of hydrogen-bond acceptors (Lipinski definition) is 9. The Morgan fingerprint density at radius 3 is 2.20 bits per heavy atom. The SMILES string of the molecule is COc1ccc(OC)c(COc2ccc(/C=c3\sc4n(c3=O)[C@@H](c3ccc(OC)cc3OC)C(C(=O)Nc3ccccc3)=C(C)N=4)cc2)c1. The predicted octanol–water partition coefficient (Wildman–Crippen LogP) is 5.49. The summed E-state index contributed by atoms with van der Waals surface area (Å²) in [4.78, 5) is 33.3. The molecule has 10 nitrogen and oxygen atoms in total. The van der Waals surface area contributed by atoms with Gasteiger partial charge in [0.1, 0.15) is 41.4 Å². The van der Waals surface area contributed by atoms with Gasteiger partial charge in [0, 0.05) is 22.9 Å².